The Morgan fingerprint density at radius 1 is 1.26 bits per heavy atom. The number of aromatic nitrogens is 1. The Kier molecular flexibility index (Phi) is 9.09. The number of anilines is 1. The second-order valence-corrected chi connectivity index (χ2v) is 13.0. The maximum Gasteiger partial charge on any atom is 0.407 e. The molecule has 1 saturated carbocycles. The number of alkyl carbamates (subject to hydrolysis) is 1. The summed E-state index contributed by atoms with van der Waals surface area (Å²) >= 11 is 14.0. The van der Waals surface area contributed by atoms with Gasteiger partial charge in [-0.3, -0.25) is 0 Å². The Morgan fingerprint density at radius 2 is 1.97 bits per heavy atom. The number of halogens is 2. The van der Waals surface area contributed by atoms with Gasteiger partial charge in [0.25, 0.3) is 0 Å². The molecule has 7 nitrogen and oxygen atoms in total. The van der Waals surface area contributed by atoms with Crippen LogP contribution in [0.2, 0.25) is 10.0 Å². The number of piperidine rings is 1. The van der Waals surface area contributed by atoms with E-state index in [4.69, 9.17) is 37.7 Å². The average molecular weight is 583 g/mol. The SMILES string of the molecule is COC(O)c1nc(Sc2cccc(Cl)c2Cl)c(C)cc1N1CCC2(CCC[C@H]2NC(=O)OC(C)(C)C)CC1. The van der Waals surface area contributed by atoms with Gasteiger partial charge in [-0.25, -0.2) is 9.78 Å². The highest BCUT2D eigenvalue weighted by Gasteiger charge is 2.46. The Balaban J connectivity index is 1.53. The summed E-state index contributed by atoms with van der Waals surface area (Å²) in [7, 11) is 1.47. The summed E-state index contributed by atoms with van der Waals surface area (Å²) < 4.78 is 10.8. The van der Waals surface area contributed by atoms with E-state index in [1.165, 1.54) is 18.9 Å². The Bertz CT molecular complexity index is 1170. The zero-order valence-electron chi connectivity index (χ0n) is 22.6. The second-order valence-electron chi connectivity index (χ2n) is 11.2. The first kappa shape index (κ1) is 29.3. The summed E-state index contributed by atoms with van der Waals surface area (Å²) in [5.74, 6) is 0. The van der Waals surface area contributed by atoms with Crippen LogP contribution in [0.15, 0.2) is 34.2 Å². The third-order valence-corrected chi connectivity index (χ3v) is 9.55. The van der Waals surface area contributed by atoms with Crippen molar-refractivity contribution in [2.45, 2.75) is 87.7 Å². The van der Waals surface area contributed by atoms with Crippen molar-refractivity contribution in [1.82, 2.24) is 10.3 Å². The molecule has 38 heavy (non-hydrogen) atoms. The molecule has 2 aromatic rings. The molecule has 1 amide bonds. The topological polar surface area (TPSA) is 83.9 Å². The molecule has 1 aromatic heterocycles. The molecule has 2 fully saturated rings. The fraction of sp³-hybridized carbons (Fsp3) is 0.571. The van der Waals surface area contributed by atoms with Crippen LogP contribution in [0.5, 0.6) is 0 Å². The van der Waals surface area contributed by atoms with Crippen LogP contribution in [0, 0.1) is 12.3 Å². The van der Waals surface area contributed by atoms with Gasteiger partial charge in [0.05, 0.1) is 15.7 Å². The number of rotatable bonds is 6. The number of aryl methyl sites for hydroxylation is 1. The van der Waals surface area contributed by atoms with Gasteiger partial charge < -0.3 is 24.8 Å². The fourth-order valence-corrected chi connectivity index (χ4v) is 6.91. The summed E-state index contributed by atoms with van der Waals surface area (Å²) in [4.78, 5) is 20.4. The van der Waals surface area contributed by atoms with Gasteiger partial charge >= 0.3 is 6.09 Å². The number of ether oxygens (including phenoxy) is 2. The molecule has 4 rings (SSSR count). The van der Waals surface area contributed by atoms with Crippen LogP contribution < -0.4 is 10.2 Å². The predicted molar refractivity (Wildman–Crippen MR) is 152 cm³/mol. The van der Waals surface area contributed by atoms with Crippen LogP contribution in [0.3, 0.4) is 0 Å². The van der Waals surface area contributed by atoms with Crippen molar-refractivity contribution in [1.29, 1.82) is 0 Å². The van der Waals surface area contributed by atoms with Crippen LogP contribution in [-0.2, 0) is 9.47 Å². The van der Waals surface area contributed by atoms with E-state index < -0.39 is 11.9 Å². The Hall–Kier alpha value is -1.71. The number of benzene rings is 1. The number of hydrogen-bond acceptors (Lipinski definition) is 7. The van der Waals surface area contributed by atoms with Gasteiger partial charge in [0.1, 0.15) is 16.3 Å². The van der Waals surface area contributed by atoms with Crippen LogP contribution >= 0.6 is 35.0 Å². The number of carbonyl (C=O) groups excluding carboxylic acids is 1. The number of nitrogens with one attached hydrogen (secondary N) is 1. The molecular weight excluding hydrogens is 545 g/mol. The minimum atomic E-state index is -1.16. The first-order valence-electron chi connectivity index (χ1n) is 13.0. The number of hydrogen-bond donors (Lipinski definition) is 2. The zero-order chi connectivity index (χ0) is 27.7. The van der Waals surface area contributed by atoms with Crippen molar-refractivity contribution in [2.75, 3.05) is 25.1 Å². The quantitative estimate of drug-likeness (QED) is 0.350. The molecule has 1 aromatic carbocycles. The molecule has 2 heterocycles. The maximum absolute atomic E-state index is 12.5. The van der Waals surface area contributed by atoms with Crippen molar-refractivity contribution in [3.63, 3.8) is 0 Å². The highest BCUT2D eigenvalue weighted by atomic mass is 35.5. The molecule has 2 N–H and O–H groups in total. The number of carbonyl (C=O) groups is 1. The van der Waals surface area contributed by atoms with E-state index in [-0.39, 0.29) is 17.6 Å². The monoisotopic (exact) mass is 581 g/mol. The molecule has 208 valence electrons. The second kappa shape index (κ2) is 11.8. The smallest absolute Gasteiger partial charge is 0.407 e. The summed E-state index contributed by atoms with van der Waals surface area (Å²) in [6.07, 6.45) is 3.50. The van der Waals surface area contributed by atoms with Gasteiger partial charge in [0, 0.05) is 31.1 Å². The normalized spacial score (nSPS) is 20.0. The number of methoxy groups -OCH3 is 1. The third-order valence-electron chi connectivity index (χ3n) is 7.45. The molecule has 10 heteroatoms. The first-order valence-corrected chi connectivity index (χ1v) is 14.6. The molecule has 0 bridgehead atoms. The summed E-state index contributed by atoms with van der Waals surface area (Å²) in [6, 6.07) is 7.66. The van der Waals surface area contributed by atoms with E-state index in [0.717, 1.165) is 66.4 Å². The molecule has 2 atom stereocenters. The predicted octanol–water partition coefficient (Wildman–Crippen LogP) is 7.15. The molecule has 1 spiro atoms. The first-order chi connectivity index (χ1) is 17.9. The minimum absolute atomic E-state index is 0.0506. The van der Waals surface area contributed by atoms with Crippen molar-refractivity contribution >= 4 is 46.7 Å². The van der Waals surface area contributed by atoms with Gasteiger partial charge in [0.15, 0.2) is 6.29 Å². The zero-order valence-corrected chi connectivity index (χ0v) is 25.0. The van der Waals surface area contributed by atoms with Gasteiger partial charge in [-0.05, 0) is 82.6 Å². The molecule has 1 saturated heterocycles. The molecule has 0 radical (unpaired) electrons. The Labute approximate surface area is 239 Å². The highest BCUT2D eigenvalue weighted by Crippen LogP contribution is 2.48. The lowest BCUT2D eigenvalue weighted by molar-refractivity contribution is -0.0798. The van der Waals surface area contributed by atoms with Gasteiger partial charge in [-0.15, -0.1) is 0 Å². The van der Waals surface area contributed by atoms with Crippen molar-refractivity contribution in [3.8, 4) is 0 Å². The molecule has 1 aliphatic heterocycles. The van der Waals surface area contributed by atoms with Gasteiger partial charge in [0.2, 0.25) is 0 Å². The van der Waals surface area contributed by atoms with Gasteiger partial charge in [-0.1, -0.05) is 47.5 Å². The lowest BCUT2D eigenvalue weighted by Crippen LogP contribution is -2.51. The van der Waals surface area contributed by atoms with Crippen LogP contribution in [0.25, 0.3) is 0 Å². The number of amides is 1. The molecular formula is C28H37Cl2N3O4S. The maximum atomic E-state index is 12.5. The third kappa shape index (κ3) is 6.53. The lowest BCUT2D eigenvalue weighted by Gasteiger charge is -2.44. The van der Waals surface area contributed by atoms with Gasteiger partial charge in [-0.2, -0.15) is 0 Å². The van der Waals surface area contributed by atoms with E-state index in [2.05, 4.69) is 16.3 Å². The fourth-order valence-electron chi connectivity index (χ4n) is 5.52. The van der Waals surface area contributed by atoms with Crippen molar-refractivity contribution in [2.24, 2.45) is 5.41 Å². The number of aliphatic hydroxyl groups is 1. The minimum Gasteiger partial charge on any atom is -0.444 e. The average Bonchev–Trinajstić information content (AvgIpc) is 3.22. The van der Waals surface area contributed by atoms with Crippen molar-refractivity contribution < 1.29 is 19.4 Å². The standard InChI is InChI=1S/C28H37Cl2N3O4S/c1-17-16-19(23(25(34)36-5)32-24(17)38-20-9-6-8-18(29)22(20)30)33-14-12-28(13-15-33)11-7-10-21(28)31-26(35)37-27(2,3)4/h6,8-9,16,21,25,34H,7,10-15H2,1-5H3,(H,31,35)/t21-,25?/m1/s1. The number of aliphatic hydroxyl groups excluding tert-OH is 1. The number of pyridine rings is 1. The van der Waals surface area contributed by atoms with E-state index in [0.29, 0.717) is 15.7 Å². The van der Waals surface area contributed by atoms with Crippen LogP contribution in [-0.4, -0.2) is 48.0 Å². The highest BCUT2D eigenvalue weighted by molar-refractivity contribution is 7.99. The lowest BCUT2D eigenvalue weighted by atomic mass is 9.74. The summed E-state index contributed by atoms with van der Waals surface area (Å²) in [6.45, 7) is 9.23. The largest absolute Gasteiger partial charge is 0.444 e. The van der Waals surface area contributed by atoms with E-state index >= 15 is 0 Å². The van der Waals surface area contributed by atoms with E-state index in [1.54, 1.807) is 6.07 Å². The summed E-state index contributed by atoms with van der Waals surface area (Å²) in [5, 5.41) is 15.6. The molecule has 1 unspecified atom stereocenters. The van der Waals surface area contributed by atoms with E-state index in [9.17, 15) is 9.90 Å². The summed E-state index contributed by atoms with van der Waals surface area (Å²) in [5.41, 5.74) is 1.84. The van der Waals surface area contributed by atoms with Crippen LogP contribution in [0.1, 0.15) is 70.4 Å². The van der Waals surface area contributed by atoms with E-state index in [1.807, 2.05) is 39.8 Å². The number of nitrogens with zero attached hydrogens (tertiary/aromatic N) is 2. The van der Waals surface area contributed by atoms with Crippen LogP contribution in [0.4, 0.5) is 10.5 Å². The Morgan fingerprint density at radius 3 is 2.63 bits per heavy atom. The molecule has 1 aliphatic carbocycles. The molecule has 2 aliphatic rings. The van der Waals surface area contributed by atoms with Crippen molar-refractivity contribution in [3.05, 3.63) is 45.6 Å².